The molecule has 1 heterocycles. The zero-order valence-electron chi connectivity index (χ0n) is 26.9. The average Bonchev–Trinajstić information content (AvgIpc) is 3.38. The number of hydrogen-bond donors (Lipinski definition) is 1. The van der Waals surface area contributed by atoms with E-state index in [0.29, 0.717) is 33.6 Å². The van der Waals surface area contributed by atoms with Crippen LogP contribution in [0.2, 0.25) is 0 Å². The lowest BCUT2D eigenvalue weighted by Gasteiger charge is -2.25. The summed E-state index contributed by atoms with van der Waals surface area (Å²) in [6, 6.07) is 18.7. The van der Waals surface area contributed by atoms with Crippen molar-refractivity contribution in [1.82, 2.24) is 4.57 Å². The Labute approximate surface area is 278 Å². The van der Waals surface area contributed by atoms with Gasteiger partial charge in [-0.05, 0) is 73.5 Å². The minimum atomic E-state index is -3.76. The molecular weight excluding hydrogens is 642 g/mol. The molecule has 0 radical (unpaired) electrons. The van der Waals surface area contributed by atoms with E-state index in [1.165, 1.54) is 67.8 Å². The third-order valence-corrected chi connectivity index (χ3v) is 8.13. The van der Waals surface area contributed by atoms with Gasteiger partial charge in [-0.1, -0.05) is 42.5 Å². The van der Waals surface area contributed by atoms with Crippen LogP contribution in [0.3, 0.4) is 0 Å². The number of nitrogens with zero attached hydrogens (tertiary/aromatic N) is 2. The Morgan fingerprint density at radius 2 is 1.42 bits per heavy atom. The van der Waals surface area contributed by atoms with Crippen LogP contribution in [0.15, 0.2) is 84.9 Å². The van der Waals surface area contributed by atoms with Gasteiger partial charge in [0.2, 0.25) is 0 Å². The molecule has 12 heteroatoms. The number of amides is 1. The summed E-state index contributed by atoms with van der Waals surface area (Å²) in [6.07, 6.45) is 1.59. The van der Waals surface area contributed by atoms with Gasteiger partial charge in [-0.2, -0.15) is 0 Å². The van der Waals surface area contributed by atoms with Crippen molar-refractivity contribution < 1.29 is 41.4 Å². The first-order chi connectivity index (χ1) is 22.7. The Hall–Kier alpha value is -4.94. The van der Waals surface area contributed by atoms with Crippen LogP contribution in [0.25, 0.3) is 28.3 Å². The van der Waals surface area contributed by atoms with Crippen LogP contribution in [0, 0.1) is 11.6 Å². The topological polar surface area (TPSA) is 123 Å². The highest BCUT2D eigenvalue weighted by Crippen LogP contribution is 2.43. The number of aliphatic hydroxyl groups excluding tert-OH is 1. The molecule has 0 spiro atoms. The molecule has 3 aromatic carbocycles. The van der Waals surface area contributed by atoms with E-state index >= 15 is 0 Å². The molecule has 0 aliphatic carbocycles. The minimum absolute atomic E-state index is 0.0428. The second-order valence-electron chi connectivity index (χ2n) is 11.5. The molecule has 1 aromatic heterocycles. The normalized spacial score (nSPS) is 12.3. The van der Waals surface area contributed by atoms with E-state index in [0.717, 1.165) is 11.2 Å². The maximum absolute atomic E-state index is 14.8. The number of aliphatic hydroxyl groups is 1. The monoisotopic (exact) mass is 678 g/mol. The maximum atomic E-state index is 14.8. The number of ether oxygens (including phenoxy) is 1. The van der Waals surface area contributed by atoms with Gasteiger partial charge in [-0.25, -0.2) is 17.2 Å². The van der Waals surface area contributed by atoms with Crippen LogP contribution < -0.4 is 4.90 Å². The van der Waals surface area contributed by atoms with Crippen LogP contribution in [0.1, 0.15) is 48.9 Å². The molecule has 0 bridgehead atoms. The Morgan fingerprint density at radius 3 is 1.92 bits per heavy atom. The van der Waals surface area contributed by atoms with Crippen molar-refractivity contribution in [3.63, 3.8) is 0 Å². The second kappa shape index (κ2) is 15.3. The molecule has 0 saturated heterocycles. The fourth-order valence-corrected chi connectivity index (χ4v) is 6.10. The molecule has 252 valence electrons. The third kappa shape index (κ3) is 8.69. The number of methoxy groups -OCH3 is 1. The number of carbonyl (C=O) groups is 3. The zero-order chi connectivity index (χ0) is 35.2. The van der Waals surface area contributed by atoms with Gasteiger partial charge in [0.25, 0.3) is 5.91 Å². The van der Waals surface area contributed by atoms with Crippen molar-refractivity contribution in [2.45, 2.75) is 38.8 Å². The zero-order valence-corrected chi connectivity index (χ0v) is 27.7. The number of para-hydroxylation sites is 1. The third-order valence-electron chi connectivity index (χ3n) is 7.40. The molecule has 4 aromatic rings. The number of aromatic nitrogens is 1. The molecule has 1 unspecified atom stereocenters. The van der Waals surface area contributed by atoms with Crippen LogP contribution in [0.5, 0.6) is 0 Å². The van der Waals surface area contributed by atoms with E-state index < -0.39 is 63.6 Å². The molecule has 0 saturated carbocycles. The molecule has 0 fully saturated rings. The maximum Gasteiger partial charge on any atom is 0.308 e. The number of carbonyl (C=O) groups excluding carboxylic acids is 3. The first-order valence-corrected chi connectivity index (χ1v) is 17.1. The van der Waals surface area contributed by atoms with E-state index in [2.05, 4.69) is 4.74 Å². The van der Waals surface area contributed by atoms with Crippen molar-refractivity contribution in [3.05, 3.63) is 108 Å². The molecule has 1 atom stereocenters. The molecular formula is C36H36F2N2O7S. The first-order valence-electron chi connectivity index (χ1n) is 15.0. The summed E-state index contributed by atoms with van der Waals surface area (Å²) in [7, 11) is -2.59. The summed E-state index contributed by atoms with van der Waals surface area (Å²) < 4.78 is 59.9. The molecule has 0 aliphatic rings. The standard InChI is InChI=1S/C36H36F2N2O7S/c1-23(2)40-31(19-18-29(41)20-30(42)21-32(43)47-3)33(24-10-14-26(37)15-11-24)34(25-12-16-27(38)17-13-25)35(40)36(44)39(22-48(4,45)46)28-8-6-5-7-9-28/h5-19,23,30,42H,20-22H2,1-4H3. The summed E-state index contributed by atoms with van der Waals surface area (Å²) in [5.74, 6) is -3.62. The van der Waals surface area contributed by atoms with Crippen molar-refractivity contribution >= 4 is 39.3 Å². The lowest BCUT2D eigenvalue weighted by atomic mass is 9.94. The van der Waals surface area contributed by atoms with Crippen molar-refractivity contribution in [3.8, 4) is 22.3 Å². The lowest BCUT2D eigenvalue weighted by Crippen LogP contribution is -2.37. The summed E-state index contributed by atoms with van der Waals surface area (Å²) in [5, 5.41) is 10.2. The Morgan fingerprint density at radius 1 is 0.875 bits per heavy atom. The summed E-state index contributed by atoms with van der Waals surface area (Å²) >= 11 is 0. The predicted molar refractivity (Wildman–Crippen MR) is 180 cm³/mol. The van der Waals surface area contributed by atoms with E-state index in [4.69, 9.17) is 0 Å². The van der Waals surface area contributed by atoms with E-state index in [1.807, 2.05) is 0 Å². The minimum Gasteiger partial charge on any atom is -0.469 e. The van der Waals surface area contributed by atoms with Crippen molar-refractivity contribution in [1.29, 1.82) is 0 Å². The molecule has 1 N–H and O–H groups in total. The van der Waals surface area contributed by atoms with Crippen molar-refractivity contribution in [2.24, 2.45) is 0 Å². The quantitative estimate of drug-likeness (QED) is 0.132. The number of esters is 1. The van der Waals surface area contributed by atoms with Gasteiger partial charge >= 0.3 is 5.97 Å². The largest absolute Gasteiger partial charge is 0.469 e. The number of hydrogen-bond acceptors (Lipinski definition) is 7. The number of halogens is 2. The highest BCUT2D eigenvalue weighted by Gasteiger charge is 2.33. The number of rotatable bonds is 13. The van der Waals surface area contributed by atoms with Crippen molar-refractivity contribution in [2.75, 3.05) is 24.1 Å². The summed E-state index contributed by atoms with van der Waals surface area (Å²) in [4.78, 5) is 40.6. The number of allylic oxidation sites excluding steroid dienone is 1. The Kier molecular flexibility index (Phi) is 11.5. The lowest BCUT2D eigenvalue weighted by molar-refractivity contribution is -0.143. The van der Waals surface area contributed by atoms with Gasteiger partial charge in [-0.3, -0.25) is 19.3 Å². The van der Waals surface area contributed by atoms with E-state index in [1.54, 1.807) is 48.7 Å². The number of benzene rings is 3. The van der Waals surface area contributed by atoms with Crippen LogP contribution >= 0.6 is 0 Å². The summed E-state index contributed by atoms with van der Waals surface area (Å²) in [6.45, 7) is 3.59. The Balaban J connectivity index is 2.06. The SMILES string of the molecule is COC(=O)CC(O)CC(=O)C=Cc1c(-c2ccc(F)cc2)c(-c2ccc(F)cc2)c(C(=O)N(CS(C)(=O)=O)c2ccccc2)n1C(C)C. The number of anilines is 1. The van der Waals surface area contributed by atoms with Gasteiger partial charge in [0.15, 0.2) is 15.6 Å². The fraction of sp³-hybridized carbons (Fsp3) is 0.250. The van der Waals surface area contributed by atoms with Gasteiger partial charge in [0.1, 0.15) is 23.2 Å². The molecule has 1 amide bonds. The van der Waals surface area contributed by atoms with E-state index in [9.17, 15) is 36.7 Å². The number of ketones is 1. The average molecular weight is 679 g/mol. The van der Waals surface area contributed by atoms with E-state index in [-0.39, 0.29) is 12.1 Å². The molecule has 48 heavy (non-hydrogen) atoms. The Bertz CT molecular complexity index is 1920. The highest BCUT2D eigenvalue weighted by atomic mass is 32.2. The van der Waals surface area contributed by atoms with Gasteiger partial charge in [0, 0.05) is 35.5 Å². The summed E-state index contributed by atoms with van der Waals surface area (Å²) in [5.41, 5.74) is 2.24. The van der Waals surface area contributed by atoms with Gasteiger partial charge < -0.3 is 14.4 Å². The molecule has 4 rings (SSSR count). The molecule has 0 aliphatic heterocycles. The predicted octanol–water partition coefficient (Wildman–Crippen LogP) is 6.23. The van der Waals surface area contributed by atoms with Crippen LogP contribution in [-0.4, -0.2) is 61.1 Å². The fourth-order valence-electron chi connectivity index (χ4n) is 5.36. The first kappa shape index (κ1) is 35.9. The highest BCUT2D eigenvalue weighted by molar-refractivity contribution is 7.90. The van der Waals surface area contributed by atoms with Crippen LogP contribution in [0.4, 0.5) is 14.5 Å². The molecule has 9 nitrogen and oxygen atoms in total. The second-order valence-corrected chi connectivity index (χ2v) is 13.6. The van der Waals surface area contributed by atoms with Gasteiger partial charge in [-0.15, -0.1) is 0 Å². The van der Waals surface area contributed by atoms with Gasteiger partial charge in [0.05, 0.1) is 25.3 Å². The number of sulfone groups is 1. The smallest absolute Gasteiger partial charge is 0.308 e. The van der Waals surface area contributed by atoms with Crippen LogP contribution in [-0.2, 0) is 24.2 Å².